The van der Waals surface area contributed by atoms with Gasteiger partial charge in [0, 0.05) is 6.04 Å². The summed E-state index contributed by atoms with van der Waals surface area (Å²) in [6.45, 7) is 2.02. The Morgan fingerprint density at radius 2 is 1.19 bits per heavy atom. The van der Waals surface area contributed by atoms with E-state index in [0.29, 0.717) is 0 Å². The van der Waals surface area contributed by atoms with Crippen molar-refractivity contribution in [1.82, 2.24) is 0 Å². The van der Waals surface area contributed by atoms with Crippen molar-refractivity contribution < 1.29 is 0 Å². The van der Waals surface area contributed by atoms with E-state index in [0.717, 1.165) is 0 Å². The van der Waals surface area contributed by atoms with Crippen LogP contribution in [-0.4, -0.2) is 6.04 Å². The van der Waals surface area contributed by atoms with Crippen LogP contribution in [0.15, 0.2) is 60.7 Å². The van der Waals surface area contributed by atoms with E-state index in [1.54, 1.807) is 0 Å². The summed E-state index contributed by atoms with van der Waals surface area (Å²) in [5.41, 5.74) is 8.46. The standard InChI is InChI=1S/C15H16N/c1-12(16)15(13-8-4-2-5-9-13)14-10-6-3-7-11-14/h2-12H,16H2,1H3. The molecule has 0 aliphatic rings. The highest BCUT2D eigenvalue weighted by atomic mass is 14.6. The van der Waals surface area contributed by atoms with Gasteiger partial charge in [-0.1, -0.05) is 60.7 Å². The Kier molecular flexibility index (Phi) is 3.37. The lowest BCUT2D eigenvalue weighted by atomic mass is 9.86. The molecule has 16 heavy (non-hydrogen) atoms. The smallest absolute Gasteiger partial charge is 0.0502 e. The molecule has 0 spiro atoms. The molecule has 0 aliphatic heterocycles. The van der Waals surface area contributed by atoms with Crippen LogP contribution in [0.25, 0.3) is 0 Å². The molecular formula is C15H16N. The molecule has 1 unspecified atom stereocenters. The van der Waals surface area contributed by atoms with E-state index in [1.165, 1.54) is 17.0 Å². The van der Waals surface area contributed by atoms with E-state index in [1.807, 2.05) is 43.3 Å². The molecule has 2 aromatic rings. The lowest BCUT2D eigenvalue weighted by molar-refractivity contribution is 0.797. The summed E-state index contributed by atoms with van der Waals surface area (Å²) in [4.78, 5) is 0. The van der Waals surface area contributed by atoms with Gasteiger partial charge in [-0.2, -0.15) is 0 Å². The van der Waals surface area contributed by atoms with Crippen molar-refractivity contribution in [3.63, 3.8) is 0 Å². The summed E-state index contributed by atoms with van der Waals surface area (Å²) in [6, 6.07) is 20.7. The van der Waals surface area contributed by atoms with Crippen LogP contribution in [0.1, 0.15) is 18.1 Å². The van der Waals surface area contributed by atoms with Crippen LogP contribution in [0.4, 0.5) is 0 Å². The minimum Gasteiger partial charge on any atom is -0.327 e. The van der Waals surface area contributed by atoms with Crippen LogP contribution in [-0.2, 0) is 0 Å². The number of hydrogen-bond donors (Lipinski definition) is 1. The van der Waals surface area contributed by atoms with E-state index in [-0.39, 0.29) is 6.04 Å². The second-order valence-corrected chi connectivity index (χ2v) is 3.93. The normalized spacial score (nSPS) is 12.7. The topological polar surface area (TPSA) is 26.0 Å². The average Bonchev–Trinajstić information content (AvgIpc) is 2.31. The zero-order valence-corrected chi connectivity index (χ0v) is 9.43. The molecule has 81 valence electrons. The summed E-state index contributed by atoms with van der Waals surface area (Å²) < 4.78 is 0. The predicted molar refractivity (Wildman–Crippen MR) is 68.0 cm³/mol. The molecule has 0 aliphatic carbocycles. The minimum atomic E-state index is 0.0322. The lowest BCUT2D eigenvalue weighted by Crippen LogP contribution is -2.26. The zero-order valence-electron chi connectivity index (χ0n) is 9.43. The first-order chi connectivity index (χ1) is 7.79. The Bertz CT molecular complexity index is 380. The van der Waals surface area contributed by atoms with Gasteiger partial charge in [0.2, 0.25) is 0 Å². The summed E-state index contributed by atoms with van der Waals surface area (Å²) in [5, 5.41) is 0. The van der Waals surface area contributed by atoms with Crippen LogP contribution in [0.5, 0.6) is 0 Å². The van der Waals surface area contributed by atoms with Gasteiger partial charge in [-0.3, -0.25) is 0 Å². The molecule has 1 radical (unpaired) electrons. The van der Waals surface area contributed by atoms with E-state index >= 15 is 0 Å². The zero-order chi connectivity index (χ0) is 11.4. The van der Waals surface area contributed by atoms with E-state index < -0.39 is 0 Å². The highest BCUT2D eigenvalue weighted by molar-refractivity contribution is 5.47. The van der Waals surface area contributed by atoms with Crippen molar-refractivity contribution in [1.29, 1.82) is 0 Å². The van der Waals surface area contributed by atoms with Crippen molar-refractivity contribution in [2.24, 2.45) is 5.73 Å². The van der Waals surface area contributed by atoms with Crippen molar-refractivity contribution in [2.45, 2.75) is 13.0 Å². The van der Waals surface area contributed by atoms with Crippen molar-refractivity contribution in [3.05, 3.63) is 77.7 Å². The maximum Gasteiger partial charge on any atom is 0.0502 e. The van der Waals surface area contributed by atoms with Crippen molar-refractivity contribution in [2.75, 3.05) is 0 Å². The average molecular weight is 210 g/mol. The number of nitrogens with two attached hydrogens (primary N) is 1. The Morgan fingerprint density at radius 1 is 0.812 bits per heavy atom. The fraction of sp³-hybridized carbons (Fsp3) is 0.133. The fourth-order valence-corrected chi connectivity index (χ4v) is 1.93. The molecule has 0 fully saturated rings. The van der Waals surface area contributed by atoms with E-state index in [4.69, 9.17) is 5.73 Å². The van der Waals surface area contributed by atoms with Gasteiger partial charge in [0.25, 0.3) is 0 Å². The van der Waals surface area contributed by atoms with Gasteiger partial charge in [0.15, 0.2) is 0 Å². The third-order valence-electron chi connectivity index (χ3n) is 2.62. The van der Waals surface area contributed by atoms with Gasteiger partial charge in [-0.05, 0) is 18.1 Å². The van der Waals surface area contributed by atoms with Crippen LogP contribution in [0.3, 0.4) is 0 Å². The van der Waals surface area contributed by atoms with E-state index in [2.05, 4.69) is 24.3 Å². The van der Waals surface area contributed by atoms with Gasteiger partial charge in [0.05, 0.1) is 5.92 Å². The van der Waals surface area contributed by atoms with Gasteiger partial charge in [-0.15, -0.1) is 0 Å². The van der Waals surface area contributed by atoms with E-state index in [9.17, 15) is 0 Å². The molecule has 0 saturated heterocycles. The molecule has 1 atom stereocenters. The first-order valence-corrected chi connectivity index (χ1v) is 5.52. The second-order valence-electron chi connectivity index (χ2n) is 3.93. The lowest BCUT2D eigenvalue weighted by Gasteiger charge is -2.20. The third-order valence-corrected chi connectivity index (χ3v) is 2.62. The van der Waals surface area contributed by atoms with Crippen LogP contribution in [0.2, 0.25) is 0 Å². The first-order valence-electron chi connectivity index (χ1n) is 5.52. The van der Waals surface area contributed by atoms with Gasteiger partial charge >= 0.3 is 0 Å². The van der Waals surface area contributed by atoms with Gasteiger partial charge in [-0.25, -0.2) is 0 Å². The van der Waals surface area contributed by atoms with Crippen molar-refractivity contribution in [3.8, 4) is 0 Å². The van der Waals surface area contributed by atoms with Crippen molar-refractivity contribution >= 4 is 0 Å². The third kappa shape index (κ3) is 2.31. The maximum absolute atomic E-state index is 6.06. The largest absolute Gasteiger partial charge is 0.327 e. The Hall–Kier alpha value is -1.60. The number of benzene rings is 2. The molecule has 0 saturated carbocycles. The highest BCUT2D eigenvalue weighted by Crippen LogP contribution is 2.25. The summed E-state index contributed by atoms with van der Waals surface area (Å²) in [7, 11) is 0. The molecule has 0 heterocycles. The number of hydrogen-bond acceptors (Lipinski definition) is 1. The second kappa shape index (κ2) is 4.95. The van der Waals surface area contributed by atoms with Gasteiger partial charge in [0.1, 0.15) is 0 Å². The Balaban J connectivity index is 2.40. The molecule has 2 N–H and O–H groups in total. The molecule has 2 aromatic carbocycles. The molecule has 2 rings (SSSR count). The molecular weight excluding hydrogens is 194 g/mol. The van der Waals surface area contributed by atoms with Gasteiger partial charge < -0.3 is 5.73 Å². The predicted octanol–water partition coefficient (Wildman–Crippen LogP) is 3.00. The van der Waals surface area contributed by atoms with Crippen LogP contribution in [0, 0.1) is 5.92 Å². The molecule has 1 nitrogen and oxygen atoms in total. The molecule has 0 aromatic heterocycles. The molecule has 0 bridgehead atoms. The van der Waals surface area contributed by atoms with Crippen LogP contribution < -0.4 is 5.73 Å². The summed E-state index contributed by atoms with van der Waals surface area (Å²) >= 11 is 0. The number of rotatable bonds is 3. The first kappa shape index (κ1) is 10.9. The Morgan fingerprint density at radius 3 is 1.50 bits per heavy atom. The molecule has 1 heteroatoms. The summed E-state index contributed by atoms with van der Waals surface area (Å²) in [6.07, 6.45) is 0. The fourth-order valence-electron chi connectivity index (χ4n) is 1.93. The highest BCUT2D eigenvalue weighted by Gasteiger charge is 2.18. The summed E-state index contributed by atoms with van der Waals surface area (Å²) in [5.74, 6) is 1.20. The maximum atomic E-state index is 6.06. The molecule has 0 amide bonds. The van der Waals surface area contributed by atoms with Crippen LogP contribution >= 0.6 is 0 Å². The Labute approximate surface area is 96.9 Å². The monoisotopic (exact) mass is 210 g/mol. The minimum absolute atomic E-state index is 0.0322. The SMILES string of the molecule is CC(N)[C](c1ccccc1)c1ccccc1. The quantitative estimate of drug-likeness (QED) is 0.828.